The van der Waals surface area contributed by atoms with E-state index < -0.39 is 5.97 Å². The molecule has 20 heavy (non-hydrogen) atoms. The standard InChI is InChI=1S/C15H19NO4/c1-20-14-6-5-11(15(18)19)9-12(14)13(17)10-16-7-3-2-4-8-16/h5-6,9H,2-4,7-8,10H2,1H3,(H,18,19). The number of Topliss-reactive ketones (excluding diaryl/α,β-unsaturated/α-hetero) is 1. The van der Waals surface area contributed by atoms with Crippen LogP contribution in [0.3, 0.4) is 0 Å². The lowest BCUT2D eigenvalue weighted by Crippen LogP contribution is -2.34. The first kappa shape index (κ1) is 14.5. The van der Waals surface area contributed by atoms with Gasteiger partial charge in [-0.05, 0) is 44.1 Å². The summed E-state index contributed by atoms with van der Waals surface area (Å²) in [5.41, 5.74) is 0.450. The average molecular weight is 277 g/mol. The highest BCUT2D eigenvalue weighted by atomic mass is 16.5. The fourth-order valence-electron chi connectivity index (χ4n) is 2.46. The van der Waals surface area contributed by atoms with Crippen molar-refractivity contribution in [2.75, 3.05) is 26.7 Å². The summed E-state index contributed by atoms with van der Waals surface area (Å²) in [6.07, 6.45) is 3.43. The van der Waals surface area contributed by atoms with E-state index in [9.17, 15) is 9.59 Å². The Labute approximate surface area is 118 Å². The van der Waals surface area contributed by atoms with E-state index in [0.717, 1.165) is 25.9 Å². The second-order valence-corrected chi connectivity index (χ2v) is 4.98. The van der Waals surface area contributed by atoms with Crippen LogP contribution in [0.5, 0.6) is 5.75 Å². The van der Waals surface area contributed by atoms with E-state index in [2.05, 4.69) is 4.90 Å². The molecule has 5 heteroatoms. The van der Waals surface area contributed by atoms with Crippen LogP contribution in [0, 0.1) is 0 Å². The van der Waals surface area contributed by atoms with Gasteiger partial charge in [0.1, 0.15) is 5.75 Å². The van der Waals surface area contributed by atoms with Crippen LogP contribution in [0.25, 0.3) is 0 Å². The Hall–Kier alpha value is -1.88. The van der Waals surface area contributed by atoms with Crippen LogP contribution < -0.4 is 4.74 Å². The number of nitrogens with zero attached hydrogens (tertiary/aromatic N) is 1. The minimum absolute atomic E-state index is 0.0909. The molecule has 1 N–H and O–H groups in total. The molecule has 0 atom stereocenters. The fraction of sp³-hybridized carbons (Fsp3) is 0.467. The van der Waals surface area contributed by atoms with E-state index in [4.69, 9.17) is 9.84 Å². The van der Waals surface area contributed by atoms with Crippen LogP contribution in [-0.2, 0) is 0 Å². The van der Waals surface area contributed by atoms with E-state index in [1.54, 1.807) is 0 Å². The molecular formula is C15H19NO4. The van der Waals surface area contributed by atoms with Crippen molar-refractivity contribution in [2.45, 2.75) is 19.3 Å². The number of hydrogen-bond donors (Lipinski definition) is 1. The van der Waals surface area contributed by atoms with Gasteiger partial charge in [-0.2, -0.15) is 0 Å². The molecule has 5 nitrogen and oxygen atoms in total. The molecule has 0 amide bonds. The fourth-order valence-corrected chi connectivity index (χ4v) is 2.46. The molecule has 1 fully saturated rings. The van der Waals surface area contributed by atoms with E-state index in [0.29, 0.717) is 17.9 Å². The Morgan fingerprint density at radius 3 is 2.55 bits per heavy atom. The maximum Gasteiger partial charge on any atom is 0.335 e. The quantitative estimate of drug-likeness (QED) is 0.834. The zero-order valence-electron chi connectivity index (χ0n) is 11.6. The second-order valence-electron chi connectivity index (χ2n) is 4.98. The number of hydrogen-bond acceptors (Lipinski definition) is 4. The average Bonchev–Trinajstić information content (AvgIpc) is 2.47. The smallest absolute Gasteiger partial charge is 0.335 e. The molecule has 2 rings (SSSR count). The Kier molecular flexibility index (Phi) is 4.74. The number of benzene rings is 1. The van der Waals surface area contributed by atoms with Crippen molar-refractivity contribution in [3.63, 3.8) is 0 Å². The third kappa shape index (κ3) is 3.36. The lowest BCUT2D eigenvalue weighted by atomic mass is 10.0. The van der Waals surface area contributed by atoms with Gasteiger partial charge in [-0.25, -0.2) is 4.79 Å². The number of carbonyl (C=O) groups is 2. The zero-order chi connectivity index (χ0) is 14.5. The molecule has 0 aromatic heterocycles. The molecule has 1 aromatic rings. The van der Waals surface area contributed by atoms with Gasteiger partial charge in [0.15, 0.2) is 5.78 Å². The number of aromatic carboxylic acids is 1. The minimum Gasteiger partial charge on any atom is -0.496 e. The lowest BCUT2D eigenvalue weighted by Gasteiger charge is -2.25. The topological polar surface area (TPSA) is 66.8 Å². The highest BCUT2D eigenvalue weighted by Crippen LogP contribution is 2.21. The minimum atomic E-state index is -1.04. The normalized spacial score (nSPS) is 15.8. The Balaban J connectivity index is 2.18. The van der Waals surface area contributed by atoms with Crippen LogP contribution in [0.2, 0.25) is 0 Å². The SMILES string of the molecule is COc1ccc(C(=O)O)cc1C(=O)CN1CCCCC1. The Morgan fingerprint density at radius 1 is 1.25 bits per heavy atom. The third-order valence-corrected chi connectivity index (χ3v) is 3.56. The van der Waals surface area contributed by atoms with Gasteiger partial charge in [0.2, 0.25) is 0 Å². The van der Waals surface area contributed by atoms with Crippen molar-refractivity contribution >= 4 is 11.8 Å². The predicted molar refractivity (Wildman–Crippen MR) is 74.6 cm³/mol. The molecule has 0 aliphatic carbocycles. The number of methoxy groups -OCH3 is 1. The van der Waals surface area contributed by atoms with Crippen LogP contribution in [0.4, 0.5) is 0 Å². The number of rotatable bonds is 5. The van der Waals surface area contributed by atoms with Gasteiger partial charge in [-0.1, -0.05) is 6.42 Å². The highest BCUT2D eigenvalue weighted by molar-refractivity contribution is 6.02. The van der Waals surface area contributed by atoms with Gasteiger partial charge in [0.25, 0.3) is 0 Å². The maximum atomic E-state index is 12.4. The van der Waals surface area contributed by atoms with Crippen molar-refractivity contribution in [3.8, 4) is 5.75 Å². The van der Waals surface area contributed by atoms with Gasteiger partial charge < -0.3 is 9.84 Å². The molecule has 1 heterocycles. The van der Waals surface area contributed by atoms with Gasteiger partial charge in [0.05, 0.1) is 24.8 Å². The van der Waals surface area contributed by atoms with Crippen molar-refractivity contribution in [2.24, 2.45) is 0 Å². The number of ketones is 1. The molecule has 0 spiro atoms. The summed E-state index contributed by atoms with van der Waals surface area (Å²) in [7, 11) is 1.48. The number of carbonyl (C=O) groups excluding carboxylic acids is 1. The number of ether oxygens (including phenoxy) is 1. The van der Waals surface area contributed by atoms with Crippen LogP contribution in [0.15, 0.2) is 18.2 Å². The summed E-state index contributed by atoms with van der Waals surface area (Å²) >= 11 is 0. The third-order valence-electron chi connectivity index (χ3n) is 3.56. The maximum absolute atomic E-state index is 12.4. The first-order valence-corrected chi connectivity index (χ1v) is 6.78. The number of carboxylic acids is 1. The summed E-state index contributed by atoms with van der Waals surface area (Å²) < 4.78 is 5.16. The molecule has 0 unspecified atom stereocenters. The molecule has 108 valence electrons. The van der Waals surface area contributed by atoms with Crippen molar-refractivity contribution in [3.05, 3.63) is 29.3 Å². The van der Waals surface area contributed by atoms with Crippen LogP contribution in [-0.4, -0.2) is 48.5 Å². The highest BCUT2D eigenvalue weighted by Gasteiger charge is 2.19. The largest absolute Gasteiger partial charge is 0.496 e. The molecule has 1 aliphatic rings. The van der Waals surface area contributed by atoms with Crippen LogP contribution >= 0.6 is 0 Å². The van der Waals surface area contributed by atoms with E-state index in [-0.39, 0.29) is 11.3 Å². The van der Waals surface area contributed by atoms with E-state index >= 15 is 0 Å². The molecule has 0 bridgehead atoms. The van der Waals surface area contributed by atoms with Crippen molar-refractivity contribution in [1.82, 2.24) is 4.90 Å². The molecule has 1 aromatic carbocycles. The molecule has 0 saturated carbocycles. The van der Waals surface area contributed by atoms with Gasteiger partial charge >= 0.3 is 5.97 Å². The predicted octanol–water partition coefficient (Wildman–Crippen LogP) is 2.06. The zero-order valence-corrected chi connectivity index (χ0v) is 11.6. The molecule has 1 aliphatic heterocycles. The number of likely N-dealkylation sites (tertiary alicyclic amines) is 1. The van der Waals surface area contributed by atoms with E-state index in [1.165, 1.54) is 31.7 Å². The second kappa shape index (κ2) is 6.52. The first-order valence-electron chi connectivity index (χ1n) is 6.78. The van der Waals surface area contributed by atoms with Crippen molar-refractivity contribution < 1.29 is 19.4 Å². The van der Waals surface area contributed by atoms with Gasteiger partial charge in [-0.15, -0.1) is 0 Å². The summed E-state index contributed by atoms with van der Waals surface area (Å²) in [5.74, 6) is -0.705. The summed E-state index contributed by atoms with van der Waals surface area (Å²) in [5, 5.41) is 9.01. The van der Waals surface area contributed by atoms with Crippen molar-refractivity contribution in [1.29, 1.82) is 0 Å². The van der Waals surface area contributed by atoms with Crippen LogP contribution in [0.1, 0.15) is 40.0 Å². The molecular weight excluding hydrogens is 258 g/mol. The Bertz CT molecular complexity index is 507. The van der Waals surface area contributed by atoms with Gasteiger partial charge in [0, 0.05) is 0 Å². The van der Waals surface area contributed by atoms with E-state index in [1.807, 2.05) is 0 Å². The molecule has 0 radical (unpaired) electrons. The number of piperidine rings is 1. The monoisotopic (exact) mass is 277 g/mol. The summed E-state index contributed by atoms with van der Waals surface area (Å²) in [4.78, 5) is 25.5. The molecule has 1 saturated heterocycles. The lowest BCUT2D eigenvalue weighted by molar-refractivity contribution is 0.0697. The Morgan fingerprint density at radius 2 is 1.95 bits per heavy atom. The summed E-state index contributed by atoms with van der Waals surface area (Å²) in [6, 6.07) is 4.37. The first-order chi connectivity index (χ1) is 9.61. The summed E-state index contributed by atoms with van der Waals surface area (Å²) in [6.45, 7) is 2.17. The van der Waals surface area contributed by atoms with Gasteiger partial charge in [-0.3, -0.25) is 9.69 Å². The number of carboxylic acid groups (broad SMARTS) is 1.